The van der Waals surface area contributed by atoms with Crippen molar-refractivity contribution in [3.63, 3.8) is 0 Å². The number of benzene rings is 2. The highest BCUT2D eigenvalue weighted by Crippen LogP contribution is 2.37. The third-order valence-electron chi connectivity index (χ3n) is 3.42. The van der Waals surface area contributed by atoms with E-state index < -0.39 is 5.91 Å². The largest absolute Gasteiger partial charge is 0.493 e. The Labute approximate surface area is 132 Å². The van der Waals surface area contributed by atoms with E-state index in [0.717, 1.165) is 10.9 Å². The molecule has 0 aliphatic carbocycles. The molecule has 3 rings (SSSR count). The number of para-hydroxylation sites is 2. The lowest BCUT2D eigenvalue weighted by molar-refractivity contribution is -0.120. The van der Waals surface area contributed by atoms with Crippen molar-refractivity contribution in [1.82, 2.24) is 4.57 Å². The summed E-state index contributed by atoms with van der Waals surface area (Å²) in [7, 11) is 1.72. The highest BCUT2D eigenvalue weighted by molar-refractivity contribution is 5.95. The van der Waals surface area contributed by atoms with Gasteiger partial charge in [-0.2, -0.15) is 0 Å². The van der Waals surface area contributed by atoms with Gasteiger partial charge in [-0.25, -0.2) is 0 Å². The third-order valence-corrected chi connectivity index (χ3v) is 3.42. The molecule has 3 aromatic rings. The molecular weight excluding hydrogens is 294 g/mol. The molecule has 0 radical (unpaired) electrons. The van der Waals surface area contributed by atoms with E-state index in [0.29, 0.717) is 5.75 Å². The first-order valence-corrected chi connectivity index (χ1v) is 7.05. The number of rotatable bonds is 4. The molecular formula is C17H15N3O3. The van der Waals surface area contributed by atoms with Gasteiger partial charge in [0.15, 0.2) is 12.3 Å². The zero-order valence-electron chi connectivity index (χ0n) is 12.5. The molecule has 0 bridgehead atoms. The van der Waals surface area contributed by atoms with Crippen LogP contribution in [0.3, 0.4) is 0 Å². The lowest BCUT2D eigenvalue weighted by atomic mass is 10.2. The SMILES string of the molecule is Cn1c(O)c(N=NC(=O)COc2ccccc2)c2ccccc21. The quantitative estimate of drug-likeness (QED) is 0.748. The highest BCUT2D eigenvalue weighted by Gasteiger charge is 2.14. The summed E-state index contributed by atoms with van der Waals surface area (Å²) in [4.78, 5) is 11.8. The van der Waals surface area contributed by atoms with Crippen LogP contribution in [0.1, 0.15) is 0 Å². The molecule has 0 unspecified atom stereocenters. The number of azo groups is 1. The molecule has 6 heteroatoms. The number of nitrogens with zero attached hydrogens (tertiary/aromatic N) is 3. The van der Waals surface area contributed by atoms with Gasteiger partial charge < -0.3 is 14.4 Å². The van der Waals surface area contributed by atoms with Gasteiger partial charge in [-0.15, -0.1) is 10.2 Å². The van der Waals surface area contributed by atoms with Crippen LogP contribution in [-0.2, 0) is 11.8 Å². The van der Waals surface area contributed by atoms with Gasteiger partial charge >= 0.3 is 5.91 Å². The number of hydrogen-bond acceptors (Lipinski definition) is 4. The average Bonchev–Trinajstić information content (AvgIpc) is 2.83. The zero-order valence-corrected chi connectivity index (χ0v) is 12.5. The molecule has 23 heavy (non-hydrogen) atoms. The maximum Gasteiger partial charge on any atom is 0.302 e. The minimum Gasteiger partial charge on any atom is -0.493 e. The molecule has 1 heterocycles. The Balaban J connectivity index is 1.75. The van der Waals surface area contributed by atoms with Crippen LogP contribution in [0.25, 0.3) is 10.9 Å². The van der Waals surface area contributed by atoms with Crippen molar-refractivity contribution in [1.29, 1.82) is 0 Å². The predicted octanol–water partition coefficient (Wildman–Crippen LogP) is 3.57. The van der Waals surface area contributed by atoms with E-state index in [-0.39, 0.29) is 18.2 Å². The van der Waals surface area contributed by atoms with E-state index in [4.69, 9.17) is 4.74 Å². The molecule has 1 aromatic heterocycles. The minimum atomic E-state index is -0.527. The van der Waals surface area contributed by atoms with E-state index in [1.807, 2.05) is 42.5 Å². The summed E-state index contributed by atoms with van der Waals surface area (Å²) < 4.78 is 6.90. The van der Waals surface area contributed by atoms with Crippen LogP contribution in [0.5, 0.6) is 11.6 Å². The van der Waals surface area contributed by atoms with Gasteiger partial charge in [0, 0.05) is 12.4 Å². The smallest absolute Gasteiger partial charge is 0.302 e. The first-order valence-electron chi connectivity index (χ1n) is 7.05. The van der Waals surface area contributed by atoms with Gasteiger partial charge in [0.05, 0.1) is 5.52 Å². The Morgan fingerprint density at radius 1 is 1.13 bits per heavy atom. The molecule has 0 saturated heterocycles. The van der Waals surface area contributed by atoms with Gasteiger partial charge in [0.2, 0.25) is 5.88 Å². The first-order chi connectivity index (χ1) is 11.2. The maximum absolute atomic E-state index is 11.8. The van der Waals surface area contributed by atoms with E-state index >= 15 is 0 Å². The fourth-order valence-electron chi connectivity index (χ4n) is 2.25. The second kappa shape index (κ2) is 6.31. The Hall–Kier alpha value is -3.15. The van der Waals surface area contributed by atoms with Crippen molar-refractivity contribution in [2.45, 2.75) is 0 Å². The summed E-state index contributed by atoms with van der Waals surface area (Å²) in [6, 6.07) is 16.4. The number of aromatic nitrogens is 1. The summed E-state index contributed by atoms with van der Waals surface area (Å²) >= 11 is 0. The molecule has 0 spiro atoms. The fraction of sp³-hybridized carbons (Fsp3) is 0.118. The van der Waals surface area contributed by atoms with Crippen molar-refractivity contribution in [2.75, 3.05) is 6.61 Å². The van der Waals surface area contributed by atoms with E-state index in [1.54, 1.807) is 23.7 Å². The third kappa shape index (κ3) is 3.06. The van der Waals surface area contributed by atoms with Crippen molar-refractivity contribution in [2.24, 2.45) is 17.3 Å². The van der Waals surface area contributed by atoms with E-state index in [9.17, 15) is 9.90 Å². The number of hydrogen-bond donors (Lipinski definition) is 1. The van der Waals surface area contributed by atoms with Gasteiger partial charge in [0.1, 0.15) is 5.75 Å². The Morgan fingerprint density at radius 3 is 2.61 bits per heavy atom. The monoisotopic (exact) mass is 309 g/mol. The zero-order chi connectivity index (χ0) is 16.2. The number of carbonyl (C=O) groups excluding carboxylic acids is 1. The predicted molar refractivity (Wildman–Crippen MR) is 86.0 cm³/mol. The minimum absolute atomic E-state index is 0.0354. The second-order valence-corrected chi connectivity index (χ2v) is 4.94. The summed E-state index contributed by atoms with van der Waals surface area (Å²) in [5.74, 6) is 0.0250. The van der Waals surface area contributed by atoms with E-state index in [2.05, 4.69) is 10.2 Å². The van der Waals surface area contributed by atoms with Crippen molar-refractivity contribution < 1.29 is 14.6 Å². The topological polar surface area (TPSA) is 76.2 Å². The highest BCUT2D eigenvalue weighted by atomic mass is 16.5. The van der Waals surface area contributed by atoms with Crippen LogP contribution in [0.15, 0.2) is 64.8 Å². The number of aryl methyl sites for hydroxylation is 1. The molecule has 0 fully saturated rings. The summed E-state index contributed by atoms with van der Waals surface area (Å²) in [6.45, 7) is -0.209. The van der Waals surface area contributed by atoms with Crippen LogP contribution in [-0.4, -0.2) is 22.2 Å². The number of ether oxygens (including phenoxy) is 1. The lowest BCUT2D eigenvalue weighted by Gasteiger charge is -2.01. The van der Waals surface area contributed by atoms with Gasteiger partial charge in [-0.1, -0.05) is 36.4 Å². The van der Waals surface area contributed by atoms with Crippen molar-refractivity contribution >= 4 is 22.5 Å². The van der Waals surface area contributed by atoms with Crippen molar-refractivity contribution in [3.8, 4) is 11.6 Å². The molecule has 1 amide bonds. The lowest BCUT2D eigenvalue weighted by Crippen LogP contribution is -2.07. The standard InChI is InChI=1S/C17H15N3O3/c1-20-14-10-6-5-9-13(14)16(17(20)22)19-18-15(21)11-23-12-7-3-2-4-8-12/h2-10,22H,11H2,1H3. The molecule has 0 aliphatic heterocycles. The summed E-state index contributed by atoms with van der Waals surface area (Å²) in [5.41, 5.74) is 1.09. The molecule has 116 valence electrons. The van der Waals surface area contributed by atoms with Crippen LogP contribution in [0.4, 0.5) is 5.69 Å². The first kappa shape index (κ1) is 14.8. The molecule has 6 nitrogen and oxygen atoms in total. The Morgan fingerprint density at radius 2 is 1.83 bits per heavy atom. The van der Waals surface area contributed by atoms with Gasteiger partial charge in [-0.3, -0.25) is 4.79 Å². The number of fused-ring (bicyclic) bond motifs is 1. The second-order valence-electron chi connectivity index (χ2n) is 4.94. The number of carbonyl (C=O) groups is 1. The average molecular weight is 309 g/mol. The summed E-state index contributed by atoms with van der Waals surface area (Å²) in [5, 5.41) is 18.4. The normalized spacial score (nSPS) is 11.2. The summed E-state index contributed by atoms with van der Waals surface area (Å²) in [6.07, 6.45) is 0. The molecule has 1 N–H and O–H groups in total. The molecule has 2 aromatic carbocycles. The number of amides is 1. The Bertz CT molecular complexity index is 869. The molecule has 0 atom stereocenters. The maximum atomic E-state index is 11.8. The van der Waals surface area contributed by atoms with E-state index in [1.165, 1.54) is 0 Å². The van der Waals surface area contributed by atoms with Crippen LogP contribution in [0, 0.1) is 0 Å². The van der Waals surface area contributed by atoms with Crippen LogP contribution in [0.2, 0.25) is 0 Å². The molecule has 0 aliphatic rings. The number of aromatic hydroxyl groups is 1. The fourth-order valence-corrected chi connectivity index (χ4v) is 2.25. The van der Waals surface area contributed by atoms with Gasteiger partial charge in [-0.05, 0) is 18.2 Å². The van der Waals surface area contributed by atoms with Crippen LogP contribution >= 0.6 is 0 Å². The molecule has 0 saturated carbocycles. The van der Waals surface area contributed by atoms with Crippen LogP contribution < -0.4 is 4.74 Å². The Kier molecular flexibility index (Phi) is 4.05. The van der Waals surface area contributed by atoms with Gasteiger partial charge in [0.25, 0.3) is 0 Å². The van der Waals surface area contributed by atoms with Crippen molar-refractivity contribution in [3.05, 3.63) is 54.6 Å².